The van der Waals surface area contributed by atoms with Gasteiger partial charge in [-0.25, -0.2) is 0 Å². The van der Waals surface area contributed by atoms with Crippen molar-refractivity contribution in [3.05, 3.63) is 23.9 Å². The lowest BCUT2D eigenvalue weighted by molar-refractivity contribution is -0.134. The molecule has 6 nitrogen and oxygen atoms in total. The lowest BCUT2D eigenvalue weighted by atomic mass is 10.0. The van der Waals surface area contributed by atoms with Gasteiger partial charge in [-0.15, -0.1) is 0 Å². The molecule has 2 rings (SSSR count). The quantitative estimate of drug-likeness (QED) is 0.723. The molecule has 0 radical (unpaired) electrons. The van der Waals surface area contributed by atoms with E-state index >= 15 is 0 Å². The Morgan fingerprint density at radius 2 is 1.85 bits per heavy atom. The number of hydrogen-bond donors (Lipinski definition) is 1. The van der Waals surface area contributed by atoms with Crippen LogP contribution in [0.5, 0.6) is 5.75 Å². The predicted octanol–water partition coefficient (Wildman–Crippen LogP) is 3.91. The van der Waals surface area contributed by atoms with Crippen LogP contribution < -0.4 is 4.74 Å². The van der Waals surface area contributed by atoms with E-state index < -0.39 is 13.9 Å². The maximum Gasteiger partial charge on any atom is 0.192 e. The summed E-state index contributed by atoms with van der Waals surface area (Å²) in [6.07, 6.45) is 0. The highest BCUT2D eigenvalue weighted by atomic mass is 28.4. The van der Waals surface area contributed by atoms with Gasteiger partial charge in [-0.05, 0) is 38.0 Å². The van der Waals surface area contributed by atoms with Crippen molar-refractivity contribution in [2.75, 3.05) is 7.11 Å². The summed E-state index contributed by atoms with van der Waals surface area (Å²) in [5.41, 5.74) is 0.100. The van der Waals surface area contributed by atoms with Crippen molar-refractivity contribution < 1.29 is 19.1 Å². The number of fused-ring (bicyclic) bond motifs is 1. The zero-order valence-electron chi connectivity index (χ0n) is 17.7. The van der Waals surface area contributed by atoms with Crippen LogP contribution in [0.3, 0.4) is 0 Å². The maximum atomic E-state index is 12.4. The van der Waals surface area contributed by atoms with Crippen molar-refractivity contribution in [3.8, 4) is 5.75 Å². The van der Waals surface area contributed by atoms with Gasteiger partial charge >= 0.3 is 0 Å². The van der Waals surface area contributed by atoms with Gasteiger partial charge in [0.2, 0.25) is 0 Å². The van der Waals surface area contributed by atoms with Crippen molar-refractivity contribution in [2.45, 2.75) is 71.5 Å². The number of ether oxygens (including phenoxy) is 1. The molecule has 0 aliphatic rings. The second-order valence-corrected chi connectivity index (χ2v) is 13.8. The average molecular weight is 393 g/mol. The molecule has 0 atom stereocenters. The van der Waals surface area contributed by atoms with Gasteiger partial charge in [-0.3, -0.25) is 9.48 Å². The molecule has 1 aromatic heterocycles. The molecule has 0 aliphatic heterocycles. The van der Waals surface area contributed by atoms with E-state index in [2.05, 4.69) is 39.0 Å². The van der Waals surface area contributed by atoms with Crippen LogP contribution >= 0.6 is 0 Å². The van der Waals surface area contributed by atoms with Crippen LogP contribution in [0.25, 0.3) is 10.9 Å². The summed E-state index contributed by atoms with van der Waals surface area (Å²) >= 11 is 0. The third kappa shape index (κ3) is 4.59. The molecule has 0 unspecified atom stereocenters. The van der Waals surface area contributed by atoms with Crippen LogP contribution in [0, 0.1) is 0 Å². The van der Waals surface area contributed by atoms with Gasteiger partial charge in [0.15, 0.2) is 14.1 Å². The first kappa shape index (κ1) is 21.6. The molecule has 150 valence electrons. The molecule has 0 saturated carbocycles. The van der Waals surface area contributed by atoms with Crippen molar-refractivity contribution >= 4 is 25.0 Å². The number of aromatic nitrogens is 2. The van der Waals surface area contributed by atoms with Gasteiger partial charge in [0.25, 0.3) is 0 Å². The Hall–Kier alpha value is -1.70. The molecule has 7 heteroatoms. The van der Waals surface area contributed by atoms with Gasteiger partial charge in [-0.1, -0.05) is 32.9 Å². The maximum absolute atomic E-state index is 12.4. The predicted molar refractivity (Wildman–Crippen MR) is 110 cm³/mol. The molecule has 1 N–H and O–H groups in total. The second kappa shape index (κ2) is 7.37. The van der Waals surface area contributed by atoms with Crippen LogP contribution in [0.2, 0.25) is 18.1 Å². The molecule has 0 bridgehead atoms. The first-order valence-electron chi connectivity index (χ1n) is 9.20. The minimum atomic E-state index is -1.98. The van der Waals surface area contributed by atoms with Crippen molar-refractivity contribution in [1.29, 1.82) is 0 Å². The lowest BCUT2D eigenvalue weighted by Crippen LogP contribution is -2.41. The fourth-order valence-electron chi connectivity index (χ4n) is 2.42. The molecule has 27 heavy (non-hydrogen) atoms. The summed E-state index contributed by atoms with van der Waals surface area (Å²) in [5.74, 6) is 0.346. The fourth-order valence-corrected chi connectivity index (χ4v) is 3.35. The summed E-state index contributed by atoms with van der Waals surface area (Å²) in [6, 6.07) is 5.71. The van der Waals surface area contributed by atoms with Gasteiger partial charge < -0.3 is 14.3 Å². The van der Waals surface area contributed by atoms with Gasteiger partial charge in [-0.2, -0.15) is 5.10 Å². The number of methoxy groups -OCH3 is 1. The third-order valence-electron chi connectivity index (χ3n) is 5.41. The summed E-state index contributed by atoms with van der Waals surface area (Å²) < 4.78 is 13.5. The second-order valence-electron chi connectivity index (χ2n) is 8.99. The normalized spacial score (nSPS) is 13.2. The monoisotopic (exact) mass is 392 g/mol. The number of aliphatic hydroxyl groups is 1. The van der Waals surface area contributed by atoms with Crippen LogP contribution in [-0.2, 0) is 22.4 Å². The first-order valence-corrected chi connectivity index (χ1v) is 12.1. The summed E-state index contributed by atoms with van der Waals surface area (Å²) in [6.45, 7) is 14.3. The number of Topliss-reactive ketones (excluding diaryl/α,β-unsaturated/α-hetero) is 1. The summed E-state index contributed by atoms with van der Waals surface area (Å²) in [5, 5.41) is 15.6. The van der Waals surface area contributed by atoms with E-state index in [0.717, 1.165) is 11.1 Å². The molecule has 0 amide bonds. The van der Waals surface area contributed by atoms with Crippen LogP contribution in [0.15, 0.2) is 18.2 Å². The largest absolute Gasteiger partial charge is 0.494 e. The highest BCUT2D eigenvalue weighted by Gasteiger charge is 2.37. The zero-order valence-corrected chi connectivity index (χ0v) is 18.7. The Kier molecular flexibility index (Phi) is 5.90. The van der Waals surface area contributed by atoms with E-state index in [1.165, 1.54) is 13.8 Å². The standard InChI is InChI=1S/C20H32N2O4Si/c1-19(2,3)27(7,8)26-13-15-14-10-9-11-16(25-6)18(14)21-22(15)12-17(23)20(4,5)24/h9-11,24H,12-13H2,1-8H3. The van der Waals surface area contributed by atoms with Crippen LogP contribution in [0.4, 0.5) is 0 Å². The van der Waals surface area contributed by atoms with E-state index in [0.29, 0.717) is 17.9 Å². The molecule has 0 aliphatic carbocycles. The number of hydrogen-bond acceptors (Lipinski definition) is 5. The first-order chi connectivity index (χ1) is 12.3. The van der Waals surface area contributed by atoms with Gasteiger partial charge in [0.1, 0.15) is 23.4 Å². The SMILES string of the molecule is COc1cccc2c(CO[Si](C)(C)C(C)(C)C)n(CC(=O)C(C)(C)O)nc12. The molecule has 0 fully saturated rings. The highest BCUT2D eigenvalue weighted by molar-refractivity contribution is 6.74. The number of carbonyl (C=O) groups is 1. The van der Waals surface area contributed by atoms with Crippen molar-refractivity contribution in [1.82, 2.24) is 9.78 Å². The van der Waals surface area contributed by atoms with E-state index in [4.69, 9.17) is 9.16 Å². The van der Waals surface area contributed by atoms with Gasteiger partial charge in [0, 0.05) is 5.39 Å². The number of nitrogens with zero attached hydrogens (tertiary/aromatic N) is 2. The molecule has 1 aromatic carbocycles. The molecular formula is C20H32N2O4Si. The van der Waals surface area contributed by atoms with Crippen molar-refractivity contribution in [2.24, 2.45) is 0 Å². The Balaban J connectivity index is 2.48. The van der Waals surface area contributed by atoms with E-state index in [1.807, 2.05) is 18.2 Å². The minimum Gasteiger partial charge on any atom is -0.494 e. The number of rotatable bonds is 7. The zero-order chi connectivity index (χ0) is 20.6. The Morgan fingerprint density at radius 3 is 2.37 bits per heavy atom. The molecule has 0 spiro atoms. The molecule has 2 aromatic rings. The summed E-state index contributed by atoms with van der Waals surface area (Å²) in [4.78, 5) is 12.4. The number of benzene rings is 1. The number of carbonyl (C=O) groups excluding carboxylic acids is 1. The van der Waals surface area contributed by atoms with Gasteiger partial charge in [0.05, 0.1) is 19.4 Å². The smallest absolute Gasteiger partial charge is 0.192 e. The van der Waals surface area contributed by atoms with Crippen LogP contribution in [0.1, 0.15) is 40.3 Å². The summed E-state index contributed by atoms with van der Waals surface area (Å²) in [7, 11) is -0.378. The van der Waals surface area contributed by atoms with Crippen LogP contribution in [-0.4, -0.2) is 41.7 Å². The fraction of sp³-hybridized carbons (Fsp3) is 0.600. The molecule has 1 heterocycles. The molecular weight excluding hydrogens is 360 g/mol. The van der Waals surface area contributed by atoms with E-state index in [1.54, 1.807) is 11.8 Å². The Labute approximate surface area is 162 Å². The number of ketones is 1. The highest BCUT2D eigenvalue weighted by Crippen LogP contribution is 2.38. The minimum absolute atomic E-state index is 0.0163. The lowest BCUT2D eigenvalue weighted by Gasteiger charge is -2.36. The molecule has 0 saturated heterocycles. The third-order valence-corrected chi connectivity index (χ3v) is 9.89. The van der Waals surface area contributed by atoms with Crippen molar-refractivity contribution in [3.63, 3.8) is 0 Å². The van der Waals surface area contributed by atoms with E-state index in [-0.39, 0.29) is 17.4 Å². The Bertz CT molecular complexity index is 829. The Morgan fingerprint density at radius 1 is 1.22 bits per heavy atom. The van der Waals surface area contributed by atoms with E-state index in [9.17, 15) is 9.90 Å². The topological polar surface area (TPSA) is 73.6 Å². The average Bonchev–Trinajstić information content (AvgIpc) is 2.88.